The van der Waals surface area contributed by atoms with Crippen molar-refractivity contribution in [3.05, 3.63) is 11.3 Å². The first kappa shape index (κ1) is 9.89. The topological polar surface area (TPSA) is 43.1 Å². The quantitative estimate of drug-likeness (QED) is 0.791. The van der Waals surface area contributed by atoms with Crippen molar-refractivity contribution in [2.45, 2.75) is 43.9 Å². The molecule has 4 fully saturated rings. The number of hydrogen-bond donors (Lipinski definition) is 0. The van der Waals surface area contributed by atoms with Crippen LogP contribution in [0.3, 0.4) is 0 Å². The van der Waals surface area contributed by atoms with E-state index in [1.54, 1.807) is 17.7 Å². The van der Waals surface area contributed by atoms with Crippen LogP contribution in [0, 0.1) is 17.8 Å². The molecular formula is C13H16N4S. The van der Waals surface area contributed by atoms with Crippen LogP contribution in [0.5, 0.6) is 0 Å². The van der Waals surface area contributed by atoms with Crippen LogP contribution in [0.25, 0.3) is 4.96 Å². The van der Waals surface area contributed by atoms with E-state index in [1.807, 2.05) is 4.52 Å². The minimum atomic E-state index is 0.403. The molecule has 0 amide bonds. The fourth-order valence-electron chi connectivity index (χ4n) is 5.15. The van der Waals surface area contributed by atoms with E-state index >= 15 is 0 Å². The van der Waals surface area contributed by atoms with Crippen LogP contribution in [0.2, 0.25) is 0 Å². The molecule has 0 atom stereocenters. The maximum absolute atomic E-state index is 4.77. The summed E-state index contributed by atoms with van der Waals surface area (Å²) in [6.07, 6.45) is 10.3. The number of fused-ring (bicyclic) bond motifs is 1. The van der Waals surface area contributed by atoms with Crippen LogP contribution >= 0.6 is 11.3 Å². The Morgan fingerprint density at radius 3 is 2.39 bits per heavy atom. The number of nitrogens with zero attached hydrogens (tertiary/aromatic N) is 4. The Hall–Kier alpha value is -0.970. The lowest BCUT2D eigenvalue weighted by molar-refractivity contribution is -0.00566. The van der Waals surface area contributed by atoms with Gasteiger partial charge in [0.2, 0.25) is 4.96 Å². The minimum absolute atomic E-state index is 0.403. The maximum atomic E-state index is 4.77. The molecule has 2 heterocycles. The second kappa shape index (κ2) is 3.13. The summed E-state index contributed by atoms with van der Waals surface area (Å²) in [5, 5.41) is 14.2. The summed E-state index contributed by atoms with van der Waals surface area (Å²) in [6.45, 7) is 0. The monoisotopic (exact) mass is 260 g/mol. The molecule has 4 nitrogen and oxygen atoms in total. The van der Waals surface area contributed by atoms with E-state index in [1.165, 1.54) is 43.5 Å². The standard InChI is InChI=1S/C13H16N4S/c1-8-2-10-3-9(1)5-13(4-8,6-10)11-16-17-7-14-15-12(17)18-11/h7-10H,1-6H2. The summed E-state index contributed by atoms with van der Waals surface area (Å²) in [4.78, 5) is 0.959. The van der Waals surface area contributed by atoms with Crippen molar-refractivity contribution in [3.8, 4) is 0 Å². The Labute approximate surface area is 109 Å². The van der Waals surface area contributed by atoms with Gasteiger partial charge in [-0.3, -0.25) is 0 Å². The largest absolute Gasteiger partial charge is 0.234 e. The molecule has 0 radical (unpaired) electrons. The molecule has 4 aliphatic rings. The molecule has 4 bridgehead atoms. The highest BCUT2D eigenvalue weighted by Crippen LogP contribution is 2.61. The first-order valence-electron chi connectivity index (χ1n) is 6.98. The molecule has 4 saturated carbocycles. The smallest absolute Gasteiger partial charge is 0.190 e. The lowest BCUT2D eigenvalue weighted by Gasteiger charge is -2.55. The van der Waals surface area contributed by atoms with E-state index in [0.29, 0.717) is 5.41 Å². The van der Waals surface area contributed by atoms with E-state index in [0.717, 1.165) is 22.7 Å². The Balaban J connectivity index is 1.64. The predicted molar refractivity (Wildman–Crippen MR) is 68.5 cm³/mol. The second-order valence-electron chi connectivity index (χ2n) is 6.66. The van der Waals surface area contributed by atoms with Gasteiger partial charge in [0.15, 0.2) is 0 Å². The Bertz CT molecular complexity index is 550. The van der Waals surface area contributed by atoms with Gasteiger partial charge in [-0.15, -0.1) is 10.2 Å². The zero-order valence-corrected chi connectivity index (χ0v) is 11.1. The third kappa shape index (κ3) is 1.18. The van der Waals surface area contributed by atoms with Crippen LogP contribution in [0.15, 0.2) is 6.33 Å². The fourth-order valence-corrected chi connectivity index (χ4v) is 6.18. The summed E-state index contributed by atoms with van der Waals surface area (Å²) in [5.41, 5.74) is 0.403. The third-order valence-corrected chi connectivity index (χ3v) is 6.54. The molecule has 94 valence electrons. The lowest BCUT2D eigenvalue weighted by Crippen LogP contribution is -2.48. The van der Waals surface area contributed by atoms with Crippen LogP contribution < -0.4 is 0 Å². The van der Waals surface area contributed by atoms with E-state index in [4.69, 9.17) is 5.10 Å². The molecule has 0 unspecified atom stereocenters. The van der Waals surface area contributed by atoms with Crippen LogP contribution in [0.1, 0.15) is 43.5 Å². The molecule has 0 N–H and O–H groups in total. The fraction of sp³-hybridized carbons (Fsp3) is 0.769. The normalized spacial score (nSPS) is 41.9. The van der Waals surface area contributed by atoms with Crippen molar-refractivity contribution in [1.82, 2.24) is 19.8 Å². The van der Waals surface area contributed by atoms with Crippen molar-refractivity contribution in [2.24, 2.45) is 17.8 Å². The Morgan fingerprint density at radius 2 is 1.78 bits per heavy atom. The van der Waals surface area contributed by atoms with Crippen LogP contribution in [-0.4, -0.2) is 19.8 Å². The van der Waals surface area contributed by atoms with Crippen molar-refractivity contribution in [2.75, 3.05) is 0 Å². The van der Waals surface area contributed by atoms with Crippen LogP contribution in [0.4, 0.5) is 0 Å². The van der Waals surface area contributed by atoms with Gasteiger partial charge in [0.1, 0.15) is 11.3 Å². The minimum Gasteiger partial charge on any atom is -0.190 e. The first-order valence-corrected chi connectivity index (χ1v) is 7.80. The molecule has 2 aromatic heterocycles. The predicted octanol–water partition coefficient (Wildman–Crippen LogP) is 2.65. The van der Waals surface area contributed by atoms with E-state index in [-0.39, 0.29) is 0 Å². The number of rotatable bonds is 1. The summed E-state index contributed by atoms with van der Waals surface area (Å²) in [7, 11) is 0. The van der Waals surface area contributed by atoms with Gasteiger partial charge in [-0.05, 0) is 56.3 Å². The van der Waals surface area contributed by atoms with Crippen LogP contribution in [-0.2, 0) is 5.41 Å². The molecule has 0 aliphatic heterocycles. The molecule has 0 saturated heterocycles. The molecule has 4 aliphatic carbocycles. The van der Waals surface area contributed by atoms with E-state index in [9.17, 15) is 0 Å². The van der Waals surface area contributed by atoms with Crippen molar-refractivity contribution >= 4 is 16.3 Å². The van der Waals surface area contributed by atoms with Crippen molar-refractivity contribution in [1.29, 1.82) is 0 Å². The highest BCUT2D eigenvalue weighted by Gasteiger charge is 2.53. The number of aromatic nitrogens is 4. The lowest BCUT2D eigenvalue weighted by atomic mass is 9.50. The molecular weight excluding hydrogens is 244 g/mol. The van der Waals surface area contributed by atoms with Gasteiger partial charge in [0.05, 0.1) is 0 Å². The zero-order chi connectivity index (χ0) is 11.7. The van der Waals surface area contributed by atoms with Gasteiger partial charge < -0.3 is 0 Å². The highest BCUT2D eigenvalue weighted by atomic mass is 32.1. The summed E-state index contributed by atoms with van der Waals surface area (Å²) in [6, 6.07) is 0. The molecule has 5 heteroatoms. The second-order valence-corrected chi connectivity index (χ2v) is 7.62. The first-order chi connectivity index (χ1) is 8.81. The van der Waals surface area contributed by atoms with Gasteiger partial charge >= 0.3 is 0 Å². The third-order valence-electron chi connectivity index (χ3n) is 5.38. The molecule has 2 aromatic rings. The van der Waals surface area contributed by atoms with E-state index < -0.39 is 0 Å². The van der Waals surface area contributed by atoms with Gasteiger partial charge in [-0.2, -0.15) is 9.61 Å². The summed E-state index contributed by atoms with van der Waals surface area (Å²) < 4.78 is 1.86. The molecule has 0 aromatic carbocycles. The molecule has 0 spiro atoms. The average molecular weight is 260 g/mol. The van der Waals surface area contributed by atoms with Gasteiger partial charge in [-0.1, -0.05) is 11.3 Å². The summed E-state index contributed by atoms with van der Waals surface area (Å²) in [5.74, 6) is 2.93. The van der Waals surface area contributed by atoms with Crippen molar-refractivity contribution in [3.63, 3.8) is 0 Å². The molecule has 6 rings (SSSR count). The summed E-state index contributed by atoms with van der Waals surface area (Å²) >= 11 is 1.77. The SMILES string of the molecule is c1nnc2sc(C34CC5CC(CC(C5)C3)C4)nn12. The van der Waals surface area contributed by atoms with Gasteiger partial charge in [0.25, 0.3) is 0 Å². The highest BCUT2D eigenvalue weighted by molar-refractivity contribution is 7.16. The maximum Gasteiger partial charge on any atom is 0.234 e. The Morgan fingerprint density at radius 1 is 1.11 bits per heavy atom. The van der Waals surface area contributed by atoms with Gasteiger partial charge in [0, 0.05) is 5.41 Å². The number of hydrogen-bond acceptors (Lipinski definition) is 4. The van der Waals surface area contributed by atoms with E-state index in [2.05, 4.69) is 10.2 Å². The average Bonchev–Trinajstić information content (AvgIpc) is 2.86. The zero-order valence-electron chi connectivity index (χ0n) is 10.2. The van der Waals surface area contributed by atoms with Gasteiger partial charge in [-0.25, -0.2) is 0 Å². The molecule has 18 heavy (non-hydrogen) atoms. The van der Waals surface area contributed by atoms with Crippen molar-refractivity contribution < 1.29 is 0 Å². The Kier molecular flexibility index (Phi) is 1.72.